The second-order valence-electron chi connectivity index (χ2n) is 5.88. The Hall–Kier alpha value is -0.410. The van der Waals surface area contributed by atoms with Gasteiger partial charge in [0.25, 0.3) is 0 Å². The number of ketones is 1. The standard InChI is InChI=1S/C14H27NO2/c1-11(2)17-13-6-8-14(9-7-13,15(4)5)10-12(3)16/h11,13H,6-10H2,1-5H3. The molecular weight excluding hydrogens is 214 g/mol. The fourth-order valence-corrected chi connectivity index (χ4v) is 2.90. The molecule has 1 rings (SSSR count). The van der Waals surface area contributed by atoms with E-state index in [2.05, 4.69) is 32.8 Å². The Balaban J connectivity index is 2.58. The van der Waals surface area contributed by atoms with Crippen LogP contribution in [-0.4, -0.2) is 42.5 Å². The molecule has 0 aromatic rings. The van der Waals surface area contributed by atoms with Gasteiger partial charge in [0, 0.05) is 12.0 Å². The number of hydrogen-bond acceptors (Lipinski definition) is 3. The van der Waals surface area contributed by atoms with Gasteiger partial charge >= 0.3 is 0 Å². The Morgan fingerprint density at radius 1 is 1.35 bits per heavy atom. The van der Waals surface area contributed by atoms with Crippen LogP contribution in [0.1, 0.15) is 52.9 Å². The van der Waals surface area contributed by atoms with Gasteiger partial charge in [-0.1, -0.05) is 0 Å². The van der Waals surface area contributed by atoms with E-state index in [1.807, 2.05) is 0 Å². The van der Waals surface area contributed by atoms with Crippen molar-refractivity contribution < 1.29 is 9.53 Å². The highest BCUT2D eigenvalue weighted by Gasteiger charge is 2.38. The van der Waals surface area contributed by atoms with Crippen LogP contribution in [0.25, 0.3) is 0 Å². The molecule has 1 aliphatic rings. The first-order valence-electron chi connectivity index (χ1n) is 6.68. The van der Waals surface area contributed by atoms with E-state index in [1.54, 1.807) is 6.92 Å². The van der Waals surface area contributed by atoms with Gasteiger partial charge in [-0.3, -0.25) is 4.79 Å². The Morgan fingerprint density at radius 2 is 1.88 bits per heavy atom. The second kappa shape index (κ2) is 5.96. The van der Waals surface area contributed by atoms with E-state index in [-0.39, 0.29) is 5.54 Å². The molecule has 0 N–H and O–H groups in total. The lowest BCUT2D eigenvalue weighted by atomic mass is 9.76. The number of hydrogen-bond donors (Lipinski definition) is 0. The third-order valence-electron chi connectivity index (χ3n) is 3.85. The normalized spacial score (nSPS) is 29.9. The summed E-state index contributed by atoms with van der Waals surface area (Å²) in [5, 5.41) is 0. The second-order valence-corrected chi connectivity index (χ2v) is 5.88. The van der Waals surface area contributed by atoms with E-state index >= 15 is 0 Å². The highest BCUT2D eigenvalue weighted by molar-refractivity contribution is 5.76. The predicted octanol–water partition coefficient (Wildman–Crippen LogP) is 2.63. The molecule has 3 nitrogen and oxygen atoms in total. The molecule has 0 saturated heterocycles. The zero-order chi connectivity index (χ0) is 13.1. The molecule has 0 bridgehead atoms. The minimum Gasteiger partial charge on any atom is -0.376 e. The Bertz CT molecular complexity index is 253. The minimum absolute atomic E-state index is 0.0721. The van der Waals surface area contributed by atoms with Crippen molar-refractivity contribution in [2.24, 2.45) is 0 Å². The molecule has 0 unspecified atom stereocenters. The average molecular weight is 241 g/mol. The SMILES string of the molecule is CC(=O)CC1(N(C)C)CCC(OC(C)C)CC1. The minimum atomic E-state index is 0.0721. The molecule has 17 heavy (non-hydrogen) atoms. The van der Waals surface area contributed by atoms with Gasteiger partial charge < -0.3 is 9.64 Å². The van der Waals surface area contributed by atoms with Gasteiger partial charge in [0.2, 0.25) is 0 Å². The smallest absolute Gasteiger partial charge is 0.131 e. The summed E-state index contributed by atoms with van der Waals surface area (Å²) in [5.74, 6) is 0.293. The van der Waals surface area contributed by atoms with Gasteiger partial charge in [0.1, 0.15) is 5.78 Å². The summed E-state index contributed by atoms with van der Waals surface area (Å²) >= 11 is 0. The molecular formula is C14H27NO2. The van der Waals surface area contributed by atoms with Crippen molar-refractivity contribution in [3.05, 3.63) is 0 Å². The summed E-state index contributed by atoms with van der Waals surface area (Å²) in [6.45, 7) is 5.87. The zero-order valence-electron chi connectivity index (χ0n) is 12.0. The van der Waals surface area contributed by atoms with Crippen molar-refractivity contribution in [1.29, 1.82) is 0 Å². The zero-order valence-corrected chi connectivity index (χ0v) is 12.0. The lowest BCUT2D eigenvalue weighted by molar-refractivity contribution is -0.121. The van der Waals surface area contributed by atoms with Gasteiger partial charge in [-0.2, -0.15) is 0 Å². The molecule has 0 atom stereocenters. The summed E-state index contributed by atoms with van der Waals surface area (Å²) < 4.78 is 5.87. The number of carbonyl (C=O) groups excluding carboxylic acids is 1. The predicted molar refractivity (Wildman–Crippen MR) is 70.2 cm³/mol. The van der Waals surface area contributed by atoms with Gasteiger partial charge in [-0.15, -0.1) is 0 Å². The average Bonchev–Trinajstić information content (AvgIpc) is 2.19. The van der Waals surface area contributed by atoms with Crippen molar-refractivity contribution in [1.82, 2.24) is 4.90 Å². The Labute approximate surface area is 106 Å². The summed E-state index contributed by atoms with van der Waals surface area (Å²) in [4.78, 5) is 13.7. The van der Waals surface area contributed by atoms with Gasteiger partial charge in [-0.05, 0) is 60.5 Å². The lowest BCUT2D eigenvalue weighted by Gasteiger charge is -2.44. The van der Waals surface area contributed by atoms with E-state index < -0.39 is 0 Å². The molecule has 0 radical (unpaired) electrons. The molecule has 0 aliphatic heterocycles. The van der Waals surface area contributed by atoms with Crippen LogP contribution in [0.2, 0.25) is 0 Å². The molecule has 3 heteroatoms. The van der Waals surface area contributed by atoms with E-state index in [0.717, 1.165) is 25.7 Å². The number of ether oxygens (including phenoxy) is 1. The first-order chi connectivity index (χ1) is 7.85. The maximum absolute atomic E-state index is 11.4. The maximum atomic E-state index is 11.4. The molecule has 100 valence electrons. The van der Waals surface area contributed by atoms with Crippen LogP contribution in [0.4, 0.5) is 0 Å². The highest BCUT2D eigenvalue weighted by Crippen LogP contribution is 2.36. The van der Waals surface area contributed by atoms with Crippen molar-refractivity contribution in [2.75, 3.05) is 14.1 Å². The van der Waals surface area contributed by atoms with Crippen LogP contribution in [0.3, 0.4) is 0 Å². The number of Topliss-reactive ketones (excluding diaryl/α,β-unsaturated/α-hetero) is 1. The molecule has 0 aromatic heterocycles. The third kappa shape index (κ3) is 4.07. The van der Waals surface area contributed by atoms with Crippen LogP contribution < -0.4 is 0 Å². The van der Waals surface area contributed by atoms with Crippen LogP contribution in [-0.2, 0) is 9.53 Å². The monoisotopic (exact) mass is 241 g/mol. The lowest BCUT2D eigenvalue weighted by Crippen LogP contribution is -2.49. The first-order valence-corrected chi connectivity index (χ1v) is 6.68. The fourth-order valence-electron chi connectivity index (χ4n) is 2.90. The first kappa shape index (κ1) is 14.7. The van der Waals surface area contributed by atoms with E-state index in [4.69, 9.17) is 4.74 Å². The van der Waals surface area contributed by atoms with Gasteiger partial charge in [0.05, 0.1) is 12.2 Å². The molecule has 1 saturated carbocycles. The largest absolute Gasteiger partial charge is 0.376 e. The molecule has 1 aliphatic carbocycles. The topological polar surface area (TPSA) is 29.5 Å². The molecule has 0 heterocycles. The van der Waals surface area contributed by atoms with Gasteiger partial charge in [0.15, 0.2) is 0 Å². The van der Waals surface area contributed by atoms with Crippen molar-refractivity contribution in [2.45, 2.75) is 70.6 Å². The Morgan fingerprint density at radius 3 is 2.24 bits per heavy atom. The summed E-state index contributed by atoms with van der Waals surface area (Å²) in [5.41, 5.74) is 0.0721. The van der Waals surface area contributed by atoms with Crippen LogP contribution >= 0.6 is 0 Å². The number of carbonyl (C=O) groups is 1. The molecule has 0 aromatic carbocycles. The molecule has 1 fully saturated rings. The van der Waals surface area contributed by atoms with Crippen molar-refractivity contribution in [3.8, 4) is 0 Å². The summed E-state index contributed by atoms with van der Waals surface area (Å²) in [7, 11) is 4.18. The summed E-state index contributed by atoms with van der Waals surface area (Å²) in [6, 6.07) is 0. The van der Waals surface area contributed by atoms with E-state index in [0.29, 0.717) is 24.4 Å². The number of nitrogens with zero attached hydrogens (tertiary/aromatic N) is 1. The fraction of sp³-hybridized carbons (Fsp3) is 0.929. The molecule has 0 spiro atoms. The summed E-state index contributed by atoms with van der Waals surface area (Å²) in [6.07, 6.45) is 5.64. The van der Waals surface area contributed by atoms with Crippen molar-refractivity contribution >= 4 is 5.78 Å². The van der Waals surface area contributed by atoms with Crippen LogP contribution in [0.5, 0.6) is 0 Å². The quantitative estimate of drug-likeness (QED) is 0.741. The van der Waals surface area contributed by atoms with Crippen molar-refractivity contribution in [3.63, 3.8) is 0 Å². The van der Waals surface area contributed by atoms with E-state index in [1.165, 1.54) is 0 Å². The highest BCUT2D eigenvalue weighted by atomic mass is 16.5. The Kier molecular flexibility index (Phi) is 5.14. The van der Waals surface area contributed by atoms with E-state index in [9.17, 15) is 4.79 Å². The van der Waals surface area contributed by atoms with Crippen LogP contribution in [0.15, 0.2) is 0 Å². The third-order valence-corrected chi connectivity index (χ3v) is 3.85. The van der Waals surface area contributed by atoms with Crippen LogP contribution in [0, 0.1) is 0 Å². The molecule has 0 amide bonds. The van der Waals surface area contributed by atoms with Gasteiger partial charge in [-0.25, -0.2) is 0 Å². The maximum Gasteiger partial charge on any atom is 0.131 e. The number of rotatable bonds is 5.